The number of alkyl halides is 3. The molecule has 1 atom stereocenters. The van der Waals surface area contributed by atoms with E-state index in [4.69, 9.17) is 0 Å². The lowest BCUT2D eigenvalue weighted by Crippen LogP contribution is -2.27. The van der Waals surface area contributed by atoms with Crippen molar-refractivity contribution in [2.24, 2.45) is 0 Å². The number of halogens is 4. The van der Waals surface area contributed by atoms with Crippen LogP contribution >= 0.6 is 0 Å². The molecular weight excluding hydrogens is 378 g/mol. The van der Waals surface area contributed by atoms with Gasteiger partial charge in [-0.1, -0.05) is 35.5 Å². The van der Waals surface area contributed by atoms with Gasteiger partial charge in [-0.15, -0.1) is 0 Å². The zero-order valence-electron chi connectivity index (χ0n) is 14.5. The van der Waals surface area contributed by atoms with Crippen LogP contribution in [0.3, 0.4) is 0 Å². The highest BCUT2D eigenvalue weighted by Crippen LogP contribution is 2.35. The molecule has 1 amide bonds. The van der Waals surface area contributed by atoms with Crippen molar-refractivity contribution >= 4 is 5.91 Å². The molecule has 1 aromatic heterocycles. The van der Waals surface area contributed by atoms with Gasteiger partial charge in [0.1, 0.15) is 5.82 Å². The molecule has 144 valence electrons. The average Bonchev–Trinajstić information content (AvgIpc) is 3.27. The molecule has 0 saturated heterocycles. The molecule has 0 N–H and O–H groups in total. The first-order valence-electron chi connectivity index (χ1n) is 8.35. The normalized spacial score (nSPS) is 15.0. The van der Waals surface area contributed by atoms with Crippen molar-refractivity contribution in [2.75, 3.05) is 0 Å². The molecule has 2 heterocycles. The van der Waals surface area contributed by atoms with Gasteiger partial charge in [0, 0.05) is 23.2 Å². The lowest BCUT2D eigenvalue weighted by Gasteiger charge is -2.25. The van der Waals surface area contributed by atoms with E-state index < -0.39 is 23.9 Å². The summed E-state index contributed by atoms with van der Waals surface area (Å²) >= 11 is 0. The van der Waals surface area contributed by atoms with Gasteiger partial charge in [0.25, 0.3) is 5.91 Å². The van der Waals surface area contributed by atoms with Gasteiger partial charge in [0.05, 0.1) is 6.04 Å². The van der Waals surface area contributed by atoms with Gasteiger partial charge in [-0.25, -0.2) is 4.39 Å². The van der Waals surface area contributed by atoms with Crippen molar-refractivity contribution in [1.29, 1.82) is 0 Å². The summed E-state index contributed by atoms with van der Waals surface area (Å²) < 4.78 is 56.2. The fraction of sp³-hybridized carbons (Fsp3) is 0.211. The number of rotatable bonds is 3. The van der Waals surface area contributed by atoms with E-state index in [2.05, 4.69) is 14.7 Å². The Bertz CT molecular complexity index is 1060. The number of carbonyl (C=O) groups is 1. The predicted octanol–water partition coefficient (Wildman–Crippen LogP) is 4.61. The molecule has 0 spiro atoms. The zero-order valence-corrected chi connectivity index (χ0v) is 14.5. The number of hydrogen-bond acceptors (Lipinski definition) is 4. The second-order valence-corrected chi connectivity index (χ2v) is 6.42. The number of aromatic nitrogens is 2. The van der Waals surface area contributed by atoms with E-state index in [1.165, 1.54) is 23.1 Å². The lowest BCUT2D eigenvalue weighted by molar-refractivity contribution is -0.159. The minimum Gasteiger partial charge on any atom is -0.329 e. The van der Waals surface area contributed by atoms with Crippen LogP contribution < -0.4 is 0 Å². The summed E-state index contributed by atoms with van der Waals surface area (Å²) in [6.07, 6.45) is -4.75. The van der Waals surface area contributed by atoms with E-state index in [0.29, 0.717) is 16.7 Å². The first-order chi connectivity index (χ1) is 13.3. The fourth-order valence-corrected chi connectivity index (χ4v) is 3.21. The van der Waals surface area contributed by atoms with Gasteiger partial charge in [-0.2, -0.15) is 18.2 Å². The molecule has 28 heavy (non-hydrogen) atoms. The Labute approximate surface area is 156 Å². The molecule has 0 saturated carbocycles. The van der Waals surface area contributed by atoms with E-state index in [9.17, 15) is 22.4 Å². The lowest BCUT2D eigenvalue weighted by atomic mass is 10.1. The number of fused-ring (bicyclic) bond motifs is 1. The van der Waals surface area contributed by atoms with E-state index >= 15 is 0 Å². The molecule has 0 aliphatic carbocycles. The van der Waals surface area contributed by atoms with Crippen LogP contribution in [0.1, 0.15) is 40.3 Å². The van der Waals surface area contributed by atoms with Crippen LogP contribution in [-0.2, 0) is 12.7 Å². The maximum absolute atomic E-state index is 14.1. The second-order valence-electron chi connectivity index (χ2n) is 6.42. The van der Waals surface area contributed by atoms with Gasteiger partial charge < -0.3 is 9.42 Å². The molecule has 9 heteroatoms. The highest BCUT2D eigenvalue weighted by molar-refractivity contribution is 5.99. The molecule has 2 aromatic carbocycles. The quantitative estimate of drug-likeness (QED) is 0.612. The van der Waals surface area contributed by atoms with Crippen molar-refractivity contribution in [3.63, 3.8) is 0 Å². The van der Waals surface area contributed by atoms with Gasteiger partial charge in [0.15, 0.2) is 0 Å². The molecule has 0 radical (unpaired) electrons. The molecule has 1 aliphatic rings. The van der Waals surface area contributed by atoms with Crippen LogP contribution in [0.5, 0.6) is 0 Å². The number of nitrogens with zero attached hydrogens (tertiary/aromatic N) is 3. The Morgan fingerprint density at radius 2 is 1.93 bits per heavy atom. The third-order valence-corrected chi connectivity index (χ3v) is 4.69. The third-order valence-electron chi connectivity index (χ3n) is 4.69. The summed E-state index contributed by atoms with van der Waals surface area (Å²) in [6.45, 7) is 1.99. The number of amides is 1. The molecule has 0 bridgehead atoms. The zero-order chi connectivity index (χ0) is 20.1. The van der Waals surface area contributed by atoms with Crippen LogP contribution in [0.2, 0.25) is 0 Å². The van der Waals surface area contributed by atoms with Gasteiger partial charge in [-0.05, 0) is 24.6 Å². The summed E-state index contributed by atoms with van der Waals surface area (Å²) in [5.74, 6) is -2.47. The highest BCUT2D eigenvalue weighted by Gasteiger charge is 2.39. The Morgan fingerprint density at radius 1 is 1.18 bits per heavy atom. The van der Waals surface area contributed by atoms with E-state index in [0.717, 1.165) is 0 Å². The van der Waals surface area contributed by atoms with Crippen LogP contribution in [0.25, 0.3) is 11.4 Å². The van der Waals surface area contributed by atoms with Crippen molar-refractivity contribution in [3.05, 3.63) is 70.9 Å². The Balaban J connectivity index is 1.64. The van der Waals surface area contributed by atoms with Crippen LogP contribution in [0.4, 0.5) is 17.6 Å². The van der Waals surface area contributed by atoms with Gasteiger partial charge in [-0.3, -0.25) is 4.79 Å². The standard InChI is InChI=1S/C19H13F4N3O2/c1-10(13-4-2-3-5-15(13)20)26-9-12-7-6-11(8-14(12)17(26)27)16-24-18(28-25-16)19(21,22)23/h2-8,10H,9H2,1H3/t10-/m0/s1. The summed E-state index contributed by atoms with van der Waals surface area (Å²) in [5.41, 5.74) is 1.62. The van der Waals surface area contributed by atoms with Crippen molar-refractivity contribution < 1.29 is 26.9 Å². The van der Waals surface area contributed by atoms with Gasteiger partial charge in [0.2, 0.25) is 5.82 Å². The van der Waals surface area contributed by atoms with Crippen molar-refractivity contribution in [3.8, 4) is 11.4 Å². The molecule has 5 nitrogen and oxygen atoms in total. The minimum atomic E-state index is -4.75. The van der Waals surface area contributed by atoms with E-state index in [1.807, 2.05) is 0 Å². The predicted molar refractivity (Wildman–Crippen MR) is 89.4 cm³/mol. The van der Waals surface area contributed by atoms with Crippen LogP contribution in [0.15, 0.2) is 47.0 Å². The maximum Gasteiger partial charge on any atom is 0.471 e. The first kappa shape index (κ1) is 18.1. The third kappa shape index (κ3) is 3.02. The SMILES string of the molecule is C[C@@H](c1ccccc1F)N1Cc2ccc(-c3noc(C(F)(F)F)n3)cc2C1=O. The summed E-state index contributed by atoms with van der Waals surface area (Å²) in [6, 6.07) is 10.3. The summed E-state index contributed by atoms with van der Waals surface area (Å²) in [5, 5.41) is 3.34. The molecule has 0 unspecified atom stereocenters. The average molecular weight is 391 g/mol. The second kappa shape index (κ2) is 6.43. The van der Waals surface area contributed by atoms with Crippen LogP contribution in [-0.4, -0.2) is 20.9 Å². The minimum absolute atomic E-state index is 0.228. The Kier molecular flexibility index (Phi) is 4.17. The maximum atomic E-state index is 14.1. The van der Waals surface area contributed by atoms with Crippen LogP contribution in [0, 0.1) is 5.82 Å². The molecule has 3 aromatic rings. The first-order valence-corrected chi connectivity index (χ1v) is 8.35. The Morgan fingerprint density at radius 3 is 2.61 bits per heavy atom. The number of benzene rings is 2. The van der Waals surface area contributed by atoms with E-state index in [-0.39, 0.29) is 23.8 Å². The molecule has 4 rings (SSSR count). The Hall–Kier alpha value is -3.23. The van der Waals surface area contributed by atoms with E-state index in [1.54, 1.807) is 31.2 Å². The molecular formula is C19H13F4N3O2. The highest BCUT2D eigenvalue weighted by atomic mass is 19.4. The smallest absolute Gasteiger partial charge is 0.329 e. The largest absolute Gasteiger partial charge is 0.471 e. The monoisotopic (exact) mass is 391 g/mol. The van der Waals surface area contributed by atoms with Crippen molar-refractivity contribution in [2.45, 2.75) is 25.7 Å². The number of hydrogen-bond donors (Lipinski definition) is 0. The summed E-state index contributed by atoms with van der Waals surface area (Å²) in [7, 11) is 0. The van der Waals surface area contributed by atoms with Gasteiger partial charge >= 0.3 is 12.1 Å². The topological polar surface area (TPSA) is 59.2 Å². The molecule has 0 fully saturated rings. The molecule has 1 aliphatic heterocycles. The fourth-order valence-electron chi connectivity index (χ4n) is 3.21. The van der Waals surface area contributed by atoms with Crippen molar-refractivity contribution in [1.82, 2.24) is 15.0 Å². The number of carbonyl (C=O) groups excluding carboxylic acids is 1. The summed E-state index contributed by atoms with van der Waals surface area (Å²) in [4.78, 5) is 17.7.